The van der Waals surface area contributed by atoms with Crippen LogP contribution < -0.4 is 5.32 Å². The third-order valence-corrected chi connectivity index (χ3v) is 5.93. The molecule has 1 aromatic rings. The van der Waals surface area contributed by atoms with Gasteiger partial charge in [-0.25, -0.2) is 4.39 Å². The van der Waals surface area contributed by atoms with Crippen LogP contribution in [0.3, 0.4) is 0 Å². The highest BCUT2D eigenvalue weighted by Gasteiger charge is 2.46. The lowest BCUT2D eigenvalue weighted by molar-refractivity contribution is -0.143. The van der Waals surface area contributed by atoms with Crippen LogP contribution in [0, 0.1) is 17.7 Å². The molecule has 0 unspecified atom stereocenters. The van der Waals surface area contributed by atoms with Crippen molar-refractivity contribution in [2.75, 3.05) is 6.54 Å². The molecule has 25 heavy (non-hydrogen) atoms. The van der Waals surface area contributed by atoms with Crippen molar-refractivity contribution in [3.05, 3.63) is 35.6 Å². The molecule has 1 aliphatic heterocycles. The predicted molar refractivity (Wildman–Crippen MR) is 92.3 cm³/mol. The van der Waals surface area contributed by atoms with Gasteiger partial charge in [0, 0.05) is 24.4 Å². The first-order valence-electron chi connectivity index (χ1n) is 9.41. The van der Waals surface area contributed by atoms with Gasteiger partial charge in [0.1, 0.15) is 11.9 Å². The summed E-state index contributed by atoms with van der Waals surface area (Å²) in [6, 6.07) is 6.30. The first-order valence-corrected chi connectivity index (χ1v) is 9.41. The van der Waals surface area contributed by atoms with Crippen molar-refractivity contribution < 1.29 is 14.0 Å². The van der Waals surface area contributed by atoms with Crippen LogP contribution in [0.1, 0.15) is 50.5 Å². The summed E-state index contributed by atoms with van der Waals surface area (Å²) in [4.78, 5) is 27.2. The van der Waals surface area contributed by atoms with Crippen LogP contribution in [-0.4, -0.2) is 35.3 Å². The number of likely N-dealkylation sites (tertiary alicyclic amines) is 1. The molecule has 0 bridgehead atoms. The summed E-state index contributed by atoms with van der Waals surface area (Å²) in [6.07, 6.45) is 4.58. The molecular weight excluding hydrogens is 319 g/mol. The maximum Gasteiger partial charge on any atom is 0.243 e. The minimum Gasteiger partial charge on any atom is -0.351 e. The average molecular weight is 344 g/mol. The lowest BCUT2D eigenvalue weighted by Crippen LogP contribution is -2.53. The van der Waals surface area contributed by atoms with Crippen molar-refractivity contribution in [1.29, 1.82) is 0 Å². The number of carbonyl (C=O) groups is 2. The maximum atomic E-state index is 13.0. The quantitative estimate of drug-likeness (QED) is 0.913. The summed E-state index contributed by atoms with van der Waals surface area (Å²) in [7, 11) is 0. The van der Waals surface area contributed by atoms with Gasteiger partial charge in [-0.1, -0.05) is 19.1 Å². The SMILES string of the molecule is C[C@@H]1C[C@@H]1C(=O)N1CCCC[C@@H]1C(=O)N[C@@H]1C[C@H]1c1ccc(F)cc1. The topological polar surface area (TPSA) is 49.4 Å². The maximum absolute atomic E-state index is 13.0. The Kier molecular flexibility index (Phi) is 4.26. The lowest BCUT2D eigenvalue weighted by Gasteiger charge is -2.35. The van der Waals surface area contributed by atoms with Gasteiger partial charge in [0.25, 0.3) is 0 Å². The van der Waals surface area contributed by atoms with Crippen LogP contribution in [0.15, 0.2) is 24.3 Å². The standard InChI is InChI=1S/C20H25FN2O2/c1-12-10-15(12)20(25)23-9-3-2-4-18(23)19(24)22-17-11-16(17)13-5-7-14(21)8-6-13/h5-8,12,15-18H,2-4,9-11H2,1H3,(H,22,24)/t12-,15+,16+,17-,18-/m1/s1. The second-order valence-corrected chi connectivity index (χ2v) is 7.87. The van der Waals surface area contributed by atoms with Gasteiger partial charge in [0.15, 0.2) is 0 Å². The van der Waals surface area contributed by atoms with Gasteiger partial charge in [-0.3, -0.25) is 9.59 Å². The van der Waals surface area contributed by atoms with Crippen LogP contribution in [0.4, 0.5) is 4.39 Å². The van der Waals surface area contributed by atoms with E-state index in [0.717, 1.165) is 37.7 Å². The summed E-state index contributed by atoms with van der Waals surface area (Å²) in [5.74, 6) is 0.760. The Balaban J connectivity index is 1.36. The Hall–Kier alpha value is -1.91. The van der Waals surface area contributed by atoms with Crippen LogP contribution in [0.5, 0.6) is 0 Å². The number of carbonyl (C=O) groups excluding carboxylic acids is 2. The zero-order valence-corrected chi connectivity index (χ0v) is 14.6. The molecule has 2 aliphatic carbocycles. The second-order valence-electron chi connectivity index (χ2n) is 7.87. The van der Waals surface area contributed by atoms with Crippen molar-refractivity contribution in [2.45, 2.75) is 57.0 Å². The van der Waals surface area contributed by atoms with Crippen molar-refractivity contribution in [1.82, 2.24) is 10.2 Å². The highest BCUT2D eigenvalue weighted by Crippen LogP contribution is 2.42. The number of benzene rings is 1. The first-order chi connectivity index (χ1) is 12.0. The fourth-order valence-electron chi connectivity index (χ4n) is 4.06. The number of hydrogen-bond donors (Lipinski definition) is 1. The van der Waals surface area contributed by atoms with E-state index in [0.29, 0.717) is 12.5 Å². The fourth-order valence-corrected chi connectivity index (χ4v) is 4.06. The van der Waals surface area contributed by atoms with Crippen LogP contribution >= 0.6 is 0 Å². The van der Waals surface area contributed by atoms with Gasteiger partial charge in [-0.2, -0.15) is 0 Å². The van der Waals surface area contributed by atoms with Gasteiger partial charge in [-0.05, 0) is 55.7 Å². The normalized spacial score (nSPS) is 33.7. The molecule has 5 heteroatoms. The van der Waals surface area contributed by atoms with Gasteiger partial charge in [0.05, 0.1) is 0 Å². The van der Waals surface area contributed by atoms with Crippen LogP contribution in [-0.2, 0) is 9.59 Å². The molecule has 0 radical (unpaired) electrons. The van der Waals surface area contributed by atoms with E-state index in [-0.39, 0.29) is 41.6 Å². The monoisotopic (exact) mass is 344 g/mol. The highest BCUT2D eigenvalue weighted by atomic mass is 19.1. The van der Waals surface area contributed by atoms with E-state index in [9.17, 15) is 14.0 Å². The number of piperidine rings is 1. The summed E-state index contributed by atoms with van der Waals surface area (Å²) >= 11 is 0. The molecular formula is C20H25FN2O2. The number of nitrogens with one attached hydrogen (secondary N) is 1. The molecule has 4 rings (SSSR count). The van der Waals surface area contributed by atoms with E-state index in [1.54, 1.807) is 12.1 Å². The molecule has 1 heterocycles. The Labute approximate surface area is 147 Å². The number of halogens is 1. The second kappa shape index (κ2) is 6.43. The molecule has 5 atom stereocenters. The summed E-state index contributed by atoms with van der Waals surface area (Å²) in [6.45, 7) is 2.80. The Morgan fingerprint density at radius 2 is 1.88 bits per heavy atom. The fraction of sp³-hybridized carbons (Fsp3) is 0.600. The summed E-state index contributed by atoms with van der Waals surface area (Å²) < 4.78 is 13.0. The Morgan fingerprint density at radius 3 is 2.56 bits per heavy atom. The molecule has 2 saturated carbocycles. The average Bonchev–Trinajstić information content (AvgIpc) is 3.53. The van der Waals surface area contributed by atoms with E-state index < -0.39 is 0 Å². The van der Waals surface area contributed by atoms with E-state index in [4.69, 9.17) is 0 Å². The van der Waals surface area contributed by atoms with Gasteiger partial charge in [-0.15, -0.1) is 0 Å². The molecule has 134 valence electrons. The smallest absolute Gasteiger partial charge is 0.243 e. The van der Waals surface area contributed by atoms with E-state index in [1.807, 2.05) is 4.90 Å². The number of nitrogens with zero attached hydrogens (tertiary/aromatic N) is 1. The Morgan fingerprint density at radius 1 is 1.16 bits per heavy atom. The minimum absolute atomic E-state index is 0.0176. The van der Waals surface area contributed by atoms with Gasteiger partial charge < -0.3 is 10.2 Å². The van der Waals surface area contributed by atoms with Crippen LogP contribution in [0.25, 0.3) is 0 Å². The number of hydrogen-bond acceptors (Lipinski definition) is 2. The van der Waals surface area contributed by atoms with Crippen molar-refractivity contribution >= 4 is 11.8 Å². The molecule has 2 amide bonds. The molecule has 1 saturated heterocycles. The third kappa shape index (κ3) is 3.42. The molecule has 3 fully saturated rings. The highest BCUT2D eigenvalue weighted by molar-refractivity contribution is 5.90. The Bertz CT molecular complexity index is 675. The van der Waals surface area contributed by atoms with Gasteiger partial charge in [0.2, 0.25) is 11.8 Å². The summed E-state index contributed by atoms with van der Waals surface area (Å²) in [5.41, 5.74) is 1.06. The van der Waals surface area contributed by atoms with Crippen LogP contribution in [0.2, 0.25) is 0 Å². The third-order valence-electron chi connectivity index (χ3n) is 5.93. The molecule has 1 aromatic carbocycles. The summed E-state index contributed by atoms with van der Waals surface area (Å²) in [5, 5.41) is 3.12. The zero-order chi connectivity index (χ0) is 17.6. The van der Waals surface area contributed by atoms with E-state index in [2.05, 4.69) is 12.2 Å². The molecule has 3 aliphatic rings. The van der Waals surface area contributed by atoms with Gasteiger partial charge >= 0.3 is 0 Å². The molecule has 0 aromatic heterocycles. The molecule has 0 spiro atoms. The molecule has 4 nitrogen and oxygen atoms in total. The molecule has 1 N–H and O–H groups in total. The van der Waals surface area contributed by atoms with E-state index >= 15 is 0 Å². The largest absolute Gasteiger partial charge is 0.351 e. The van der Waals surface area contributed by atoms with Crippen molar-refractivity contribution in [2.24, 2.45) is 11.8 Å². The number of amides is 2. The zero-order valence-electron chi connectivity index (χ0n) is 14.6. The lowest BCUT2D eigenvalue weighted by atomic mass is 10.00. The predicted octanol–water partition coefficient (Wildman–Crippen LogP) is 2.83. The number of rotatable bonds is 4. The first kappa shape index (κ1) is 16.6. The minimum atomic E-state index is -0.316. The van der Waals surface area contributed by atoms with Crippen molar-refractivity contribution in [3.8, 4) is 0 Å². The van der Waals surface area contributed by atoms with E-state index in [1.165, 1.54) is 12.1 Å². The van der Waals surface area contributed by atoms with Crippen molar-refractivity contribution in [3.63, 3.8) is 0 Å².